The fraction of sp³-hybridized carbons (Fsp3) is 0.368. The summed E-state index contributed by atoms with van der Waals surface area (Å²) in [7, 11) is 0. The van der Waals surface area contributed by atoms with Crippen molar-refractivity contribution in [1.82, 2.24) is 24.3 Å². The second-order valence-corrected chi connectivity index (χ2v) is 6.82. The van der Waals surface area contributed by atoms with Crippen LogP contribution in [0.1, 0.15) is 46.5 Å². The molecule has 0 aromatic carbocycles. The Morgan fingerprint density at radius 1 is 1.27 bits per heavy atom. The lowest BCUT2D eigenvalue weighted by atomic mass is 9.94. The lowest BCUT2D eigenvalue weighted by Gasteiger charge is -2.32. The number of fused-ring (bicyclic) bond motifs is 1. The molecule has 0 bridgehead atoms. The molecule has 1 saturated heterocycles. The Hall–Kier alpha value is -2.96. The summed E-state index contributed by atoms with van der Waals surface area (Å²) in [6.45, 7) is 4.94. The van der Waals surface area contributed by atoms with E-state index in [0.717, 1.165) is 29.9 Å². The highest BCUT2D eigenvalue weighted by atomic mass is 16.2. The number of piperidine rings is 1. The smallest absolute Gasteiger partial charge is 0.274 e. The van der Waals surface area contributed by atoms with Gasteiger partial charge in [-0.05, 0) is 38.8 Å². The molecule has 4 heterocycles. The Morgan fingerprint density at radius 2 is 2.12 bits per heavy atom. The van der Waals surface area contributed by atoms with Gasteiger partial charge in [-0.15, -0.1) is 0 Å². The molecule has 1 aliphatic heterocycles. The number of carbonyl (C=O) groups excluding carboxylic acids is 1. The first-order valence-corrected chi connectivity index (χ1v) is 8.84. The lowest BCUT2D eigenvalue weighted by molar-refractivity contribution is 0.0699. The molecule has 0 radical (unpaired) electrons. The molecule has 134 valence electrons. The van der Waals surface area contributed by atoms with Crippen molar-refractivity contribution in [2.45, 2.75) is 32.6 Å². The third-order valence-corrected chi connectivity index (χ3v) is 4.98. The second kappa shape index (κ2) is 6.40. The minimum atomic E-state index is -0.146. The van der Waals surface area contributed by atoms with E-state index >= 15 is 0 Å². The highest BCUT2D eigenvalue weighted by Crippen LogP contribution is 2.26. The molecule has 0 spiro atoms. The third-order valence-electron chi connectivity index (χ3n) is 4.98. The number of pyridine rings is 1. The van der Waals surface area contributed by atoms with Crippen LogP contribution in [0.4, 0.5) is 0 Å². The number of nitrogens with zero attached hydrogens (tertiary/aromatic N) is 4. The highest BCUT2D eigenvalue weighted by molar-refractivity contribution is 5.94. The van der Waals surface area contributed by atoms with Crippen LogP contribution in [0.3, 0.4) is 0 Å². The van der Waals surface area contributed by atoms with Gasteiger partial charge in [-0.2, -0.15) is 0 Å². The van der Waals surface area contributed by atoms with Gasteiger partial charge in [-0.25, -0.2) is 9.97 Å². The van der Waals surface area contributed by atoms with Gasteiger partial charge >= 0.3 is 0 Å². The predicted molar refractivity (Wildman–Crippen MR) is 97.4 cm³/mol. The Bertz CT molecular complexity index is 1040. The van der Waals surface area contributed by atoms with Crippen LogP contribution in [-0.4, -0.2) is 43.2 Å². The van der Waals surface area contributed by atoms with Crippen LogP contribution in [0.25, 0.3) is 5.65 Å². The highest BCUT2D eigenvalue weighted by Gasteiger charge is 2.29. The van der Waals surface area contributed by atoms with Crippen molar-refractivity contribution < 1.29 is 4.79 Å². The summed E-state index contributed by atoms with van der Waals surface area (Å²) < 4.78 is 1.93. The number of amides is 1. The fourth-order valence-electron chi connectivity index (χ4n) is 3.69. The van der Waals surface area contributed by atoms with E-state index in [1.165, 1.54) is 0 Å². The van der Waals surface area contributed by atoms with Gasteiger partial charge < -0.3 is 14.3 Å². The van der Waals surface area contributed by atoms with E-state index in [9.17, 15) is 9.59 Å². The van der Waals surface area contributed by atoms with Crippen LogP contribution in [0.15, 0.2) is 35.3 Å². The number of aryl methyl sites for hydroxylation is 2. The van der Waals surface area contributed by atoms with Gasteiger partial charge in [0.05, 0.1) is 11.4 Å². The Balaban J connectivity index is 1.61. The number of H-pyrrole nitrogens is 1. The van der Waals surface area contributed by atoms with Crippen molar-refractivity contribution >= 4 is 11.6 Å². The number of carbonyl (C=O) groups is 1. The summed E-state index contributed by atoms with van der Waals surface area (Å²) >= 11 is 0. The summed E-state index contributed by atoms with van der Waals surface area (Å²) in [5.74, 6) is 0.621. The lowest BCUT2D eigenvalue weighted by Crippen LogP contribution is -2.40. The van der Waals surface area contributed by atoms with E-state index in [1.54, 1.807) is 13.0 Å². The Kier molecular flexibility index (Phi) is 4.06. The maximum Gasteiger partial charge on any atom is 0.274 e. The van der Waals surface area contributed by atoms with Gasteiger partial charge in [-0.3, -0.25) is 9.59 Å². The Morgan fingerprint density at radius 3 is 2.88 bits per heavy atom. The van der Waals surface area contributed by atoms with Crippen LogP contribution in [-0.2, 0) is 0 Å². The molecule has 7 heteroatoms. The first kappa shape index (κ1) is 16.5. The Labute approximate surface area is 150 Å². The average Bonchev–Trinajstić information content (AvgIpc) is 2.97. The molecule has 26 heavy (non-hydrogen) atoms. The van der Waals surface area contributed by atoms with E-state index in [2.05, 4.69) is 15.0 Å². The molecule has 3 aromatic rings. The molecule has 0 saturated carbocycles. The molecule has 1 unspecified atom stereocenters. The maximum absolute atomic E-state index is 13.1. The van der Waals surface area contributed by atoms with Gasteiger partial charge in [-0.1, -0.05) is 6.07 Å². The molecule has 1 amide bonds. The normalized spacial score (nSPS) is 17.6. The third kappa shape index (κ3) is 2.89. The van der Waals surface area contributed by atoms with Crippen LogP contribution in [0, 0.1) is 13.8 Å². The monoisotopic (exact) mass is 351 g/mol. The van der Waals surface area contributed by atoms with Gasteiger partial charge in [0.25, 0.3) is 11.5 Å². The molecular weight excluding hydrogens is 330 g/mol. The zero-order valence-electron chi connectivity index (χ0n) is 14.9. The molecule has 4 rings (SSSR count). The van der Waals surface area contributed by atoms with E-state index in [-0.39, 0.29) is 17.4 Å². The minimum Gasteiger partial charge on any atom is -0.337 e. The fourth-order valence-corrected chi connectivity index (χ4v) is 3.69. The van der Waals surface area contributed by atoms with E-state index in [4.69, 9.17) is 0 Å². The summed E-state index contributed by atoms with van der Waals surface area (Å²) in [6, 6.07) is 7.27. The van der Waals surface area contributed by atoms with Crippen LogP contribution in [0.5, 0.6) is 0 Å². The number of aromatic nitrogens is 4. The summed E-state index contributed by atoms with van der Waals surface area (Å²) in [6.07, 6.45) is 3.72. The molecular formula is C19H21N5O2. The molecule has 1 atom stereocenters. The molecule has 1 fully saturated rings. The quantitative estimate of drug-likeness (QED) is 0.766. The van der Waals surface area contributed by atoms with Crippen molar-refractivity contribution in [2.75, 3.05) is 13.1 Å². The number of aromatic amines is 1. The summed E-state index contributed by atoms with van der Waals surface area (Å²) in [5, 5.41) is 0. The number of hydrogen-bond acceptors (Lipinski definition) is 4. The topological polar surface area (TPSA) is 83.4 Å². The van der Waals surface area contributed by atoms with Crippen LogP contribution in [0.2, 0.25) is 0 Å². The summed E-state index contributed by atoms with van der Waals surface area (Å²) in [4.78, 5) is 38.3. The largest absolute Gasteiger partial charge is 0.337 e. The zero-order valence-corrected chi connectivity index (χ0v) is 14.9. The molecule has 0 aliphatic carbocycles. The van der Waals surface area contributed by atoms with Crippen molar-refractivity contribution in [3.05, 3.63) is 63.7 Å². The minimum absolute atomic E-state index is 0.0579. The first-order chi connectivity index (χ1) is 12.5. The van der Waals surface area contributed by atoms with Crippen molar-refractivity contribution in [3.8, 4) is 0 Å². The van der Waals surface area contributed by atoms with Crippen LogP contribution < -0.4 is 5.56 Å². The number of rotatable bonds is 2. The number of imidazole rings is 1. The number of hydrogen-bond donors (Lipinski definition) is 1. The standard InChI is InChI=1S/C19H21N5O2/c1-12-18(22-16-7-3-4-9-24(12)16)19(26)23-8-5-6-14(11-23)15-10-17(25)21-13(2)20-15/h3-4,7,9-10,14H,5-6,8,11H2,1-2H3,(H,20,21,25). The van der Waals surface area contributed by atoms with Crippen molar-refractivity contribution in [2.24, 2.45) is 0 Å². The van der Waals surface area contributed by atoms with Crippen LogP contribution >= 0.6 is 0 Å². The SMILES string of the molecule is Cc1nc(C2CCCN(C(=O)c3nc4ccccn4c3C)C2)cc(=O)[nH]1. The maximum atomic E-state index is 13.1. The van der Waals surface area contributed by atoms with Gasteiger partial charge in [0.2, 0.25) is 0 Å². The zero-order chi connectivity index (χ0) is 18.3. The van der Waals surface area contributed by atoms with E-state index in [1.807, 2.05) is 40.6 Å². The van der Waals surface area contributed by atoms with E-state index in [0.29, 0.717) is 24.6 Å². The molecule has 1 aliphatic rings. The molecule has 1 N–H and O–H groups in total. The number of likely N-dealkylation sites (tertiary alicyclic amines) is 1. The van der Waals surface area contributed by atoms with Gasteiger partial charge in [0, 0.05) is 31.3 Å². The van der Waals surface area contributed by atoms with Crippen molar-refractivity contribution in [3.63, 3.8) is 0 Å². The van der Waals surface area contributed by atoms with Crippen molar-refractivity contribution in [1.29, 1.82) is 0 Å². The second-order valence-electron chi connectivity index (χ2n) is 6.82. The molecule has 7 nitrogen and oxygen atoms in total. The predicted octanol–water partition coefficient (Wildman–Crippen LogP) is 2.05. The molecule has 3 aromatic heterocycles. The first-order valence-electron chi connectivity index (χ1n) is 8.84. The van der Waals surface area contributed by atoms with Gasteiger partial charge in [0.1, 0.15) is 17.2 Å². The average molecular weight is 351 g/mol. The summed E-state index contributed by atoms with van der Waals surface area (Å²) in [5.41, 5.74) is 2.72. The van der Waals surface area contributed by atoms with E-state index < -0.39 is 0 Å². The van der Waals surface area contributed by atoms with Gasteiger partial charge in [0.15, 0.2) is 0 Å². The number of nitrogens with one attached hydrogen (secondary N) is 1.